The van der Waals surface area contributed by atoms with Gasteiger partial charge in [0.15, 0.2) is 11.5 Å². The SMILES string of the molecule is COc1cccc(-n2ncc3c(N=NCc4ccc(C)cc4)ncnc32)c1. The highest BCUT2D eigenvalue weighted by molar-refractivity contribution is 5.85. The molecule has 4 aromatic rings. The van der Waals surface area contributed by atoms with E-state index in [1.807, 2.05) is 36.4 Å². The van der Waals surface area contributed by atoms with Gasteiger partial charge in [-0.3, -0.25) is 0 Å². The van der Waals surface area contributed by atoms with Crippen LogP contribution >= 0.6 is 0 Å². The molecule has 0 aliphatic rings. The van der Waals surface area contributed by atoms with Crippen molar-refractivity contribution in [3.8, 4) is 11.4 Å². The van der Waals surface area contributed by atoms with E-state index in [4.69, 9.17) is 4.74 Å². The van der Waals surface area contributed by atoms with Gasteiger partial charge in [0.25, 0.3) is 0 Å². The van der Waals surface area contributed by atoms with Crippen LogP contribution in [0.2, 0.25) is 0 Å². The minimum Gasteiger partial charge on any atom is -0.497 e. The van der Waals surface area contributed by atoms with Crippen LogP contribution in [0.4, 0.5) is 5.82 Å². The van der Waals surface area contributed by atoms with Crippen molar-refractivity contribution < 1.29 is 4.74 Å². The highest BCUT2D eigenvalue weighted by Gasteiger charge is 2.11. The highest BCUT2D eigenvalue weighted by Crippen LogP contribution is 2.25. The quantitative estimate of drug-likeness (QED) is 0.495. The summed E-state index contributed by atoms with van der Waals surface area (Å²) in [6.07, 6.45) is 3.18. The van der Waals surface area contributed by atoms with E-state index in [2.05, 4.69) is 44.4 Å². The van der Waals surface area contributed by atoms with Gasteiger partial charge in [-0.1, -0.05) is 35.9 Å². The fourth-order valence-corrected chi connectivity index (χ4v) is 2.72. The third-order valence-electron chi connectivity index (χ3n) is 4.18. The summed E-state index contributed by atoms with van der Waals surface area (Å²) in [6, 6.07) is 15.8. The summed E-state index contributed by atoms with van der Waals surface area (Å²) >= 11 is 0. The monoisotopic (exact) mass is 358 g/mol. The number of aromatic nitrogens is 4. The summed E-state index contributed by atoms with van der Waals surface area (Å²) in [7, 11) is 1.63. The second-order valence-corrected chi connectivity index (χ2v) is 6.08. The Kier molecular flexibility index (Phi) is 4.57. The fraction of sp³-hybridized carbons (Fsp3) is 0.150. The highest BCUT2D eigenvalue weighted by atomic mass is 16.5. The van der Waals surface area contributed by atoms with Crippen molar-refractivity contribution in [1.29, 1.82) is 0 Å². The van der Waals surface area contributed by atoms with Gasteiger partial charge < -0.3 is 4.74 Å². The third-order valence-corrected chi connectivity index (χ3v) is 4.18. The molecule has 0 fully saturated rings. The van der Waals surface area contributed by atoms with Crippen molar-refractivity contribution >= 4 is 16.9 Å². The molecule has 0 atom stereocenters. The number of aryl methyl sites for hydroxylation is 1. The summed E-state index contributed by atoms with van der Waals surface area (Å²) in [5.74, 6) is 1.25. The van der Waals surface area contributed by atoms with E-state index >= 15 is 0 Å². The van der Waals surface area contributed by atoms with Crippen LogP contribution in [-0.4, -0.2) is 26.9 Å². The molecule has 0 spiro atoms. The van der Waals surface area contributed by atoms with Crippen LogP contribution in [-0.2, 0) is 6.54 Å². The number of azo groups is 1. The molecule has 7 nitrogen and oxygen atoms in total. The average Bonchev–Trinajstić information content (AvgIpc) is 3.14. The lowest BCUT2D eigenvalue weighted by Crippen LogP contribution is -1.98. The first-order valence-electron chi connectivity index (χ1n) is 8.51. The average molecular weight is 358 g/mol. The molecule has 2 heterocycles. The van der Waals surface area contributed by atoms with E-state index in [-0.39, 0.29) is 0 Å². The molecular weight excluding hydrogens is 340 g/mol. The van der Waals surface area contributed by atoms with E-state index in [1.54, 1.807) is 18.0 Å². The molecule has 27 heavy (non-hydrogen) atoms. The zero-order valence-corrected chi connectivity index (χ0v) is 15.1. The summed E-state index contributed by atoms with van der Waals surface area (Å²) < 4.78 is 7.02. The molecule has 0 bridgehead atoms. The van der Waals surface area contributed by atoms with Crippen LogP contribution < -0.4 is 4.74 Å². The topological polar surface area (TPSA) is 77.5 Å². The standard InChI is InChI=1S/C20H18N6O/c1-14-6-8-15(9-7-14)11-23-25-19-18-12-24-26(20(18)22-13-21-19)16-4-3-5-17(10-16)27-2/h3-10,12-13H,11H2,1-2H3. The maximum Gasteiger partial charge on any atom is 0.188 e. The van der Waals surface area contributed by atoms with Crippen molar-refractivity contribution in [2.75, 3.05) is 7.11 Å². The zero-order chi connectivity index (χ0) is 18.6. The predicted molar refractivity (Wildman–Crippen MR) is 103 cm³/mol. The minimum absolute atomic E-state index is 0.496. The molecule has 134 valence electrons. The number of nitrogens with zero attached hydrogens (tertiary/aromatic N) is 6. The van der Waals surface area contributed by atoms with Gasteiger partial charge in [-0.2, -0.15) is 10.2 Å². The Morgan fingerprint density at radius 3 is 2.74 bits per heavy atom. The van der Waals surface area contributed by atoms with Crippen LogP contribution in [0.5, 0.6) is 5.75 Å². The van der Waals surface area contributed by atoms with Gasteiger partial charge in [0.05, 0.1) is 30.9 Å². The Hall–Kier alpha value is -3.61. The van der Waals surface area contributed by atoms with Crippen molar-refractivity contribution in [3.63, 3.8) is 0 Å². The van der Waals surface area contributed by atoms with Crippen LogP contribution in [0.25, 0.3) is 16.7 Å². The number of hydrogen-bond acceptors (Lipinski definition) is 6. The van der Waals surface area contributed by atoms with Gasteiger partial charge >= 0.3 is 0 Å². The van der Waals surface area contributed by atoms with Gasteiger partial charge in [-0.05, 0) is 24.6 Å². The minimum atomic E-state index is 0.496. The predicted octanol–water partition coefficient (Wildman–Crippen LogP) is 4.42. The van der Waals surface area contributed by atoms with Gasteiger partial charge in [0.2, 0.25) is 0 Å². The lowest BCUT2D eigenvalue weighted by molar-refractivity contribution is 0.414. The van der Waals surface area contributed by atoms with Gasteiger partial charge in [-0.25, -0.2) is 14.6 Å². The van der Waals surface area contributed by atoms with Crippen LogP contribution in [0.15, 0.2) is 71.3 Å². The Bertz CT molecular complexity index is 1100. The van der Waals surface area contributed by atoms with E-state index in [9.17, 15) is 0 Å². The van der Waals surface area contributed by atoms with Crippen LogP contribution in [0, 0.1) is 6.92 Å². The van der Waals surface area contributed by atoms with Crippen molar-refractivity contribution in [2.45, 2.75) is 13.5 Å². The molecule has 0 N–H and O–H groups in total. The van der Waals surface area contributed by atoms with Crippen LogP contribution in [0.3, 0.4) is 0 Å². The van der Waals surface area contributed by atoms with E-state index in [0.29, 0.717) is 18.0 Å². The van der Waals surface area contributed by atoms with E-state index < -0.39 is 0 Å². The molecule has 2 aromatic heterocycles. The van der Waals surface area contributed by atoms with Gasteiger partial charge in [-0.15, -0.1) is 5.11 Å². The van der Waals surface area contributed by atoms with E-state index in [1.165, 1.54) is 11.9 Å². The fourth-order valence-electron chi connectivity index (χ4n) is 2.72. The maximum absolute atomic E-state index is 5.28. The molecule has 0 saturated heterocycles. The Morgan fingerprint density at radius 2 is 1.93 bits per heavy atom. The molecule has 0 aliphatic carbocycles. The first-order chi connectivity index (χ1) is 13.2. The molecular formula is C20H18N6O. The normalized spacial score (nSPS) is 11.3. The number of benzene rings is 2. The molecule has 4 rings (SSSR count). The summed E-state index contributed by atoms with van der Waals surface area (Å²) in [6.45, 7) is 2.55. The maximum atomic E-state index is 5.28. The molecule has 0 aliphatic heterocycles. The Balaban J connectivity index is 1.64. The molecule has 0 unspecified atom stereocenters. The smallest absolute Gasteiger partial charge is 0.188 e. The van der Waals surface area contributed by atoms with Crippen molar-refractivity contribution in [3.05, 3.63) is 72.2 Å². The zero-order valence-electron chi connectivity index (χ0n) is 15.1. The molecule has 0 radical (unpaired) electrons. The molecule has 0 amide bonds. The van der Waals surface area contributed by atoms with Crippen molar-refractivity contribution in [1.82, 2.24) is 19.7 Å². The molecule has 0 saturated carbocycles. The summed E-state index contributed by atoms with van der Waals surface area (Å²) in [4.78, 5) is 8.60. The lowest BCUT2D eigenvalue weighted by atomic mass is 10.2. The summed E-state index contributed by atoms with van der Waals surface area (Å²) in [5.41, 5.74) is 3.84. The molecule has 7 heteroatoms. The second kappa shape index (κ2) is 7.33. The van der Waals surface area contributed by atoms with E-state index in [0.717, 1.165) is 22.4 Å². The summed E-state index contributed by atoms with van der Waals surface area (Å²) in [5, 5.41) is 13.7. The Morgan fingerprint density at radius 1 is 1.07 bits per heavy atom. The number of ether oxygens (including phenoxy) is 1. The lowest BCUT2D eigenvalue weighted by Gasteiger charge is -2.05. The largest absolute Gasteiger partial charge is 0.497 e. The number of rotatable bonds is 5. The number of methoxy groups -OCH3 is 1. The first-order valence-corrected chi connectivity index (χ1v) is 8.51. The third kappa shape index (κ3) is 3.52. The van der Waals surface area contributed by atoms with Gasteiger partial charge in [0, 0.05) is 6.07 Å². The number of hydrogen-bond donors (Lipinski definition) is 0. The van der Waals surface area contributed by atoms with Crippen molar-refractivity contribution in [2.24, 2.45) is 10.2 Å². The molecule has 2 aromatic carbocycles. The Labute approximate surface area is 156 Å². The second-order valence-electron chi connectivity index (χ2n) is 6.08. The van der Waals surface area contributed by atoms with Gasteiger partial charge in [0.1, 0.15) is 12.1 Å². The number of fused-ring (bicyclic) bond motifs is 1. The van der Waals surface area contributed by atoms with Crippen LogP contribution in [0.1, 0.15) is 11.1 Å². The first kappa shape index (κ1) is 16.8.